The van der Waals surface area contributed by atoms with E-state index in [-0.39, 0.29) is 24.0 Å². The lowest BCUT2D eigenvalue weighted by Crippen LogP contribution is -2.48. The molecule has 4 rings (SSSR count). The van der Waals surface area contributed by atoms with Gasteiger partial charge in [0.05, 0.1) is 0 Å². The molecule has 3 heterocycles. The van der Waals surface area contributed by atoms with E-state index in [0.717, 1.165) is 19.0 Å². The van der Waals surface area contributed by atoms with Crippen LogP contribution >= 0.6 is 35.3 Å². The van der Waals surface area contributed by atoms with Crippen LogP contribution in [0, 0.1) is 5.41 Å². The van der Waals surface area contributed by atoms with Crippen LogP contribution in [-0.4, -0.2) is 55.0 Å². The Morgan fingerprint density at radius 1 is 1.31 bits per heavy atom. The summed E-state index contributed by atoms with van der Waals surface area (Å²) >= 11 is 1.92. The third kappa shape index (κ3) is 4.22. The van der Waals surface area contributed by atoms with Gasteiger partial charge in [-0.1, -0.05) is 12.8 Å². The summed E-state index contributed by atoms with van der Waals surface area (Å²) in [6, 6.07) is 2.84. The van der Waals surface area contributed by atoms with Crippen LogP contribution in [0.3, 0.4) is 0 Å². The van der Waals surface area contributed by atoms with Crippen LogP contribution in [0.25, 0.3) is 0 Å². The van der Waals surface area contributed by atoms with Crippen LogP contribution in [0.4, 0.5) is 0 Å². The number of fused-ring (bicyclic) bond motifs is 1. The quantitative estimate of drug-likeness (QED) is 0.397. The molecule has 1 atom stereocenters. The first-order chi connectivity index (χ1) is 12.2. The van der Waals surface area contributed by atoms with Gasteiger partial charge in [0.25, 0.3) is 0 Å². The molecular formula is C20H33IN4S. The van der Waals surface area contributed by atoms with E-state index >= 15 is 0 Å². The minimum Gasteiger partial charge on any atom is -0.355 e. The third-order valence-electron chi connectivity index (χ3n) is 6.63. The zero-order chi connectivity index (χ0) is 17.3. The van der Waals surface area contributed by atoms with Crippen molar-refractivity contribution in [3.63, 3.8) is 0 Å². The second-order valence-corrected chi connectivity index (χ2v) is 9.25. The number of guanidine groups is 1. The number of hydrogen-bond acceptors (Lipinski definition) is 3. The van der Waals surface area contributed by atoms with Gasteiger partial charge in [0.2, 0.25) is 0 Å². The Morgan fingerprint density at radius 3 is 2.88 bits per heavy atom. The van der Waals surface area contributed by atoms with Crippen LogP contribution in [0.15, 0.2) is 16.4 Å². The molecule has 1 N–H and O–H groups in total. The van der Waals surface area contributed by atoms with Crippen LogP contribution in [0.1, 0.15) is 49.5 Å². The first-order valence-electron chi connectivity index (χ1n) is 9.94. The molecule has 1 unspecified atom stereocenters. The lowest BCUT2D eigenvalue weighted by molar-refractivity contribution is 0.191. The molecule has 146 valence electrons. The molecule has 1 aliphatic carbocycles. The number of aliphatic imine (C=N–C) groups is 1. The van der Waals surface area contributed by atoms with E-state index in [9.17, 15) is 0 Å². The van der Waals surface area contributed by atoms with Crippen molar-refractivity contribution in [2.75, 3.05) is 33.2 Å². The topological polar surface area (TPSA) is 30.9 Å². The fraction of sp³-hybridized carbons (Fsp3) is 0.750. The van der Waals surface area contributed by atoms with E-state index in [1.54, 1.807) is 4.88 Å². The maximum absolute atomic E-state index is 4.58. The van der Waals surface area contributed by atoms with Gasteiger partial charge in [-0.3, -0.25) is 9.89 Å². The van der Waals surface area contributed by atoms with Gasteiger partial charge in [0.1, 0.15) is 0 Å². The van der Waals surface area contributed by atoms with Gasteiger partial charge in [0, 0.05) is 50.7 Å². The van der Waals surface area contributed by atoms with Crippen molar-refractivity contribution in [3.8, 4) is 0 Å². The van der Waals surface area contributed by atoms with Crippen molar-refractivity contribution in [1.82, 2.24) is 15.1 Å². The Kier molecular flexibility index (Phi) is 6.88. The number of rotatable bonds is 3. The molecule has 1 aromatic rings. The molecule has 2 aliphatic heterocycles. The van der Waals surface area contributed by atoms with E-state index in [2.05, 4.69) is 38.5 Å². The Hall–Kier alpha value is -0.340. The predicted octanol–water partition coefficient (Wildman–Crippen LogP) is 3.95. The zero-order valence-electron chi connectivity index (χ0n) is 16.2. The smallest absolute Gasteiger partial charge is 0.193 e. The van der Waals surface area contributed by atoms with Crippen molar-refractivity contribution in [3.05, 3.63) is 21.9 Å². The molecule has 1 spiro atoms. The summed E-state index contributed by atoms with van der Waals surface area (Å²) < 4.78 is 0. The molecule has 0 bridgehead atoms. The summed E-state index contributed by atoms with van der Waals surface area (Å²) in [7, 11) is 1.94. The molecule has 6 heteroatoms. The van der Waals surface area contributed by atoms with E-state index < -0.39 is 0 Å². The lowest BCUT2D eigenvalue weighted by atomic mass is 9.86. The zero-order valence-corrected chi connectivity index (χ0v) is 19.3. The number of nitrogens with one attached hydrogen (secondary N) is 1. The molecule has 1 saturated heterocycles. The van der Waals surface area contributed by atoms with Crippen LogP contribution < -0.4 is 5.32 Å². The van der Waals surface area contributed by atoms with Crippen molar-refractivity contribution in [2.24, 2.45) is 10.4 Å². The average Bonchev–Trinajstić information content (AvgIpc) is 3.37. The number of thiophene rings is 1. The van der Waals surface area contributed by atoms with Gasteiger partial charge in [-0.15, -0.1) is 35.3 Å². The third-order valence-corrected chi connectivity index (χ3v) is 7.65. The SMILES string of the molecule is CN=C(NCC(C)N1CCc2sccc2C1)N1CCC2(CCCC2)C1.I. The van der Waals surface area contributed by atoms with Gasteiger partial charge >= 0.3 is 0 Å². The maximum atomic E-state index is 4.58. The van der Waals surface area contributed by atoms with Crippen LogP contribution in [0.5, 0.6) is 0 Å². The molecule has 3 aliphatic rings. The predicted molar refractivity (Wildman–Crippen MR) is 122 cm³/mol. The van der Waals surface area contributed by atoms with Gasteiger partial charge in [-0.2, -0.15) is 0 Å². The Bertz CT molecular complexity index is 623. The highest BCUT2D eigenvalue weighted by molar-refractivity contribution is 14.0. The minimum atomic E-state index is 0. The first-order valence-corrected chi connectivity index (χ1v) is 10.8. The van der Waals surface area contributed by atoms with Gasteiger partial charge < -0.3 is 10.2 Å². The normalized spacial score (nSPS) is 23.8. The molecule has 2 fully saturated rings. The largest absolute Gasteiger partial charge is 0.355 e. The number of nitrogens with zero attached hydrogens (tertiary/aromatic N) is 3. The molecule has 1 saturated carbocycles. The number of halogens is 1. The van der Waals surface area contributed by atoms with Crippen molar-refractivity contribution < 1.29 is 0 Å². The first kappa shape index (κ1) is 20.4. The summed E-state index contributed by atoms with van der Waals surface area (Å²) in [5.41, 5.74) is 2.14. The molecular weight excluding hydrogens is 455 g/mol. The second kappa shape index (κ2) is 8.78. The van der Waals surface area contributed by atoms with E-state index in [0.29, 0.717) is 11.5 Å². The van der Waals surface area contributed by atoms with Crippen molar-refractivity contribution in [2.45, 2.75) is 58.0 Å². The van der Waals surface area contributed by atoms with Crippen LogP contribution in [0.2, 0.25) is 0 Å². The van der Waals surface area contributed by atoms with E-state index in [1.165, 1.54) is 63.7 Å². The number of hydrogen-bond donors (Lipinski definition) is 1. The minimum absolute atomic E-state index is 0. The highest BCUT2D eigenvalue weighted by Crippen LogP contribution is 2.45. The van der Waals surface area contributed by atoms with E-state index in [1.807, 2.05) is 18.4 Å². The van der Waals surface area contributed by atoms with Crippen molar-refractivity contribution >= 4 is 41.3 Å². The Labute approximate surface area is 179 Å². The highest BCUT2D eigenvalue weighted by Gasteiger charge is 2.41. The molecule has 1 aromatic heterocycles. The van der Waals surface area contributed by atoms with Gasteiger partial charge in [0.15, 0.2) is 5.96 Å². The highest BCUT2D eigenvalue weighted by atomic mass is 127. The maximum Gasteiger partial charge on any atom is 0.193 e. The number of likely N-dealkylation sites (tertiary alicyclic amines) is 1. The van der Waals surface area contributed by atoms with Crippen LogP contribution in [-0.2, 0) is 13.0 Å². The van der Waals surface area contributed by atoms with Crippen molar-refractivity contribution in [1.29, 1.82) is 0 Å². The Morgan fingerprint density at radius 2 is 2.12 bits per heavy atom. The van der Waals surface area contributed by atoms with Gasteiger partial charge in [-0.25, -0.2) is 0 Å². The van der Waals surface area contributed by atoms with Gasteiger partial charge in [-0.05, 0) is 55.0 Å². The monoisotopic (exact) mass is 488 g/mol. The summed E-state index contributed by atoms with van der Waals surface area (Å²) in [6.07, 6.45) is 8.27. The molecule has 4 nitrogen and oxygen atoms in total. The Balaban J connectivity index is 0.00000196. The van der Waals surface area contributed by atoms with E-state index in [4.69, 9.17) is 0 Å². The molecule has 0 aromatic carbocycles. The lowest BCUT2D eigenvalue weighted by Gasteiger charge is -2.33. The molecule has 26 heavy (non-hydrogen) atoms. The molecule has 0 radical (unpaired) electrons. The summed E-state index contributed by atoms with van der Waals surface area (Å²) in [5, 5.41) is 5.91. The second-order valence-electron chi connectivity index (χ2n) is 8.25. The standard InChI is InChI=1S/C20H32N4S.HI/c1-16(23-10-5-18-17(14-23)6-12-25-18)13-22-19(21-2)24-11-9-20(15-24)7-3-4-8-20;/h6,12,16H,3-5,7-11,13-15H2,1-2H3,(H,21,22);1H. The fourth-order valence-electron chi connectivity index (χ4n) is 5.00. The average molecular weight is 488 g/mol. The fourth-order valence-corrected chi connectivity index (χ4v) is 5.89. The summed E-state index contributed by atoms with van der Waals surface area (Å²) in [5.74, 6) is 1.11. The summed E-state index contributed by atoms with van der Waals surface area (Å²) in [6.45, 7) is 8.00. The summed E-state index contributed by atoms with van der Waals surface area (Å²) in [4.78, 5) is 11.3. The molecule has 0 amide bonds.